The van der Waals surface area contributed by atoms with Gasteiger partial charge in [-0.15, -0.1) is 0 Å². The summed E-state index contributed by atoms with van der Waals surface area (Å²) in [6, 6.07) is 2.84. The molecule has 1 atom stereocenters. The van der Waals surface area contributed by atoms with E-state index in [0.29, 0.717) is 0 Å². The highest BCUT2D eigenvalue weighted by Crippen LogP contribution is 2.28. The molecule has 0 spiro atoms. The minimum atomic E-state index is -1.25. The van der Waals surface area contributed by atoms with E-state index in [1.807, 2.05) is 0 Å². The highest BCUT2D eigenvalue weighted by Gasteiger charge is 2.33. The summed E-state index contributed by atoms with van der Waals surface area (Å²) >= 11 is 0. The normalized spacial score (nSPS) is 14.7. The second-order valence-electron chi connectivity index (χ2n) is 3.65. The molecule has 0 aliphatic carbocycles. The van der Waals surface area contributed by atoms with E-state index in [0.717, 1.165) is 18.2 Å². The van der Waals surface area contributed by atoms with Gasteiger partial charge < -0.3 is 5.11 Å². The van der Waals surface area contributed by atoms with Crippen LogP contribution >= 0.6 is 0 Å². The minimum absolute atomic E-state index is 0.148. The zero-order valence-corrected chi connectivity index (χ0v) is 8.55. The second-order valence-corrected chi connectivity index (χ2v) is 3.65. The maximum Gasteiger partial charge on any atom is 0.313 e. The summed E-state index contributed by atoms with van der Waals surface area (Å²) in [5.74, 6) is -2.60. The SMILES string of the molecule is CCC(C)(C(=O)O)c1cc(F)cc(F)c1. The first kappa shape index (κ1) is 11.6. The molecular formula is C11H12F2O2. The van der Waals surface area contributed by atoms with E-state index in [4.69, 9.17) is 5.11 Å². The first-order valence-electron chi connectivity index (χ1n) is 4.60. The van der Waals surface area contributed by atoms with Gasteiger partial charge in [0, 0.05) is 6.07 Å². The van der Waals surface area contributed by atoms with Crippen LogP contribution in [0.3, 0.4) is 0 Å². The Labute approximate surface area is 86.5 Å². The van der Waals surface area contributed by atoms with Gasteiger partial charge in [0.2, 0.25) is 0 Å². The Hall–Kier alpha value is -1.45. The van der Waals surface area contributed by atoms with E-state index < -0.39 is 23.0 Å². The predicted molar refractivity (Wildman–Crippen MR) is 51.6 cm³/mol. The molecule has 0 aliphatic rings. The van der Waals surface area contributed by atoms with E-state index in [2.05, 4.69) is 0 Å². The molecule has 0 radical (unpaired) electrons. The van der Waals surface area contributed by atoms with Crippen LogP contribution in [0, 0.1) is 11.6 Å². The third kappa shape index (κ3) is 2.14. The van der Waals surface area contributed by atoms with Crippen LogP contribution in [0.2, 0.25) is 0 Å². The molecule has 0 saturated heterocycles. The Morgan fingerprint density at radius 3 is 2.13 bits per heavy atom. The van der Waals surface area contributed by atoms with Crippen LogP contribution in [0.25, 0.3) is 0 Å². The maximum atomic E-state index is 12.9. The molecule has 1 aromatic carbocycles. The fourth-order valence-electron chi connectivity index (χ4n) is 1.35. The number of carbonyl (C=O) groups is 1. The second kappa shape index (κ2) is 3.96. The molecule has 0 aliphatic heterocycles. The van der Waals surface area contributed by atoms with Gasteiger partial charge in [0.15, 0.2) is 0 Å². The van der Waals surface area contributed by atoms with Crippen molar-refractivity contribution in [2.75, 3.05) is 0 Å². The molecule has 1 N–H and O–H groups in total. The van der Waals surface area contributed by atoms with Gasteiger partial charge in [0.1, 0.15) is 11.6 Å². The number of carboxylic acids is 1. The number of halogens is 2. The smallest absolute Gasteiger partial charge is 0.313 e. The van der Waals surface area contributed by atoms with Gasteiger partial charge >= 0.3 is 5.97 Å². The first-order valence-corrected chi connectivity index (χ1v) is 4.60. The molecule has 0 heterocycles. The largest absolute Gasteiger partial charge is 0.481 e. The number of rotatable bonds is 3. The zero-order chi connectivity index (χ0) is 11.6. The summed E-state index contributed by atoms with van der Waals surface area (Å²) in [4.78, 5) is 11.0. The Morgan fingerprint density at radius 1 is 1.33 bits per heavy atom. The summed E-state index contributed by atoms with van der Waals surface area (Å²) in [5, 5.41) is 9.02. The van der Waals surface area contributed by atoms with Gasteiger partial charge in [-0.3, -0.25) is 4.79 Å². The fraction of sp³-hybridized carbons (Fsp3) is 0.364. The Morgan fingerprint density at radius 2 is 1.80 bits per heavy atom. The van der Waals surface area contributed by atoms with E-state index in [-0.39, 0.29) is 12.0 Å². The van der Waals surface area contributed by atoms with E-state index >= 15 is 0 Å². The lowest BCUT2D eigenvalue weighted by Gasteiger charge is -2.23. The summed E-state index contributed by atoms with van der Waals surface area (Å²) in [6.45, 7) is 3.11. The van der Waals surface area contributed by atoms with Gasteiger partial charge in [0.25, 0.3) is 0 Å². The van der Waals surface area contributed by atoms with Crippen molar-refractivity contribution in [1.29, 1.82) is 0 Å². The topological polar surface area (TPSA) is 37.3 Å². The third-order valence-electron chi connectivity index (χ3n) is 2.68. The van der Waals surface area contributed by atoms with Crippen molar-refractivity contribution < 1.29 is 18.7 Å². The van der Waals surface area contributed by atoms with E-state index in [1.165, 1.54) is 6.92 Å². The lowest BCUT2D eigenvalue weighted by Crippen LogP contribution is -2.31. The van der Waals surface area contributed by atoms with Crippen molar-refractivity contribution in [2.24, 2.45) is 0 Å². The van der Waals surface area contributed by atoms with Crippen LogP contribution in [-0.2, 0) is 10.2 Å². The molecule has 1 rings (SSSR count). The van der Waals surface area contributed by atoms with Gasteiger partial charge in [0.05, 0.1) is 5.41 Å². The predicted octanol–water partition coefficient (Wildman–Crippen LogP) is 2.72. The van der Waals surface area contributed by atoms with Crippen LogP contribution in [0.15, 0.2) is 18.2 Å². The van der Waals surface area contributed by atoms with Crippen molar-refractivity contribution >= 4 is 5.97 Å². The van der Waals surface area contributed by atoms with Crippen LogP contribution in [0.4, 0.5) is 8.78 Å². The summed E-state index contributed by atoms with van der Waals surface area (Å²) in [5.41, 5.74) is -1.10. The molecule has 15 heavy (non-hydrogen) atoms. The molecule has 2 nitrogen and oxygen atoms in total. The third-order valence-corrected chi connectivity index (χ3v) is 2.68. The molecule has 82 valence electrons. The van der Waals surface area contributed by atoms with Crippen molar-refractivity contribution in [3.63, 3.8) is 0 Å². The molecule has 0 bridgehead atoms. The van der Waals surface area contributed by atoms with Crippen molar-refractivity contribution in [1.82, 2.24) is 0 Å². The Balaban J connectivity index is 3.29. The van der Waals surface area contributed by atoms with Gasteiger partial charge in [-0.25, -0.2) is 8.78 Å². The molecular weight excluding hydrogens is 202 g/mol. The fourth-order valence-corrected chi connectivity index (χ4v) is 1.35. The highest BCUT2D eigenvalue weighted by atomic mass is 19.1. The minimum Gasteiger partial charge on any atom is -0.481 e. The lowest BCUT2D eigenvalue weighted by atomic mass is 9.80. The van der Waals surface area contributed by atoms with Crippen molar-refractivity contribution in [3.8, 4) is 0 Å². The van der Waals surface area contributed by atoms with Gasteiger partial charge in [-0.1, -0.05) is 6.92 Å². The molecule has 1 aromatic rings. The van der Waals surface area contributed by atoms with E-state index in [9.17, 15) is 13.6 Å². The van der Waals surface area contributed by atoms with Crippen molar-refractivity contribution in [3.05, 3.63) is 35.4 Å². The monoisotopic (exact) mass is 214 g/mol. The maximum absolute atomic E-state index is 12.9. The van der Waals surface area contributed by atoms with E-state index in [1.54, 1.807) is 6.92 Å². The van der Waals surface area contributed by atoms with Crippen LogP contribution in [-0.4, -0.2) is 11.1 Å². The molecule has 0 saturated carbocycles. The average Bonchev–Trinajstić information content (AvgIpc) is 2.14. The number of hydrogen-bond acceptors (Lipinski definition) is 1. The standard InChI is InChI=1S/C11H12F2O2/c1-3-11(2,10(14)15)7-4-8(12)6-9(13)5-7/h4-6H,3H2,1-2H3,(H,14,15). The number of carboxylic acid groups (broad SMARTS) is 1. The lowest BCUT2D eigenvalue weighted by molar-refractivity contribution is -0.143. The van der Waals surface area contributed by atoms with Crippen LogP contribution in [0.5, 0.6) is 0 Å². The first-order chi connectivity index (χ1) is 6.90. The van der Waals surface area contributed by atoms with Gasteiger partial charge in [-0.05, 0) is 31.0 Å². The number of aliphatic carboxylic acids is 1. The molecule has 0 aromatic heterocycles. The summed E-state index contributed by atoms with van der Waals surface area (Å²) in [7, 11) is 0. The molecule has 0 amide bonds. The van der Waals surface area contributed by atoms with Gasteiger partial charge in [-0.2, -0.15) is 0 Å². The molecule has 0 fully saturated rings. The Bertz CT molecular complexity index is 370. The quantitative estimate of drug-likeness (QED) is 0.839. The van der Waals surface area contributed by atoms with Crippen LogP contribution in [0.1, 0.15) is 25.8 Å². The molecule has 1 unspecified atom stereocenters. The zero-order valence-electron chi connectivity index (χ0n) is 8.55. The molecule has 4 heteroatoms. The average molecular weight is 214 g/mol. The summed E-state index contributed by atoms with van der Waals surface area (Å²) < 4.78 is 25.9. The van der Waals surface area contributed by atoms with Crippen LogP contribution < -0.4 is 0 Å². The van der Waals surface area contributed by atoms with Crippen molar-refractivity contribution in [2.45, 2.75) is 25.7 Å². The Kier molecular flexibility index (Phi) is 3.07. The highest BCUT2D eigenvalue weighted by molar-refractivity contribution is 5.80. The number of benzene rings is 1. The number of hydrogen-bond donors (Lipinski definition) is 1. The summed E-state index contributed by atoms with van der Waals surface area (Å²) in [6.07, 6.45) is 0.269.